The number of nitrogen functional groups attached to an aromatic ring is 1. The van der Waals surface area contributed by atoms with Crippen molar-refractivity contribution in [3.05, 3.63) is 35.7 Å². The average molecular weight is 529 g/mol. The molecule has 5 rings (SSSR count). The maximum absolute atomic E-state index is 12.8. The Hall–Kier alpha value is -3.78. The Labute approximate surface area is 214 Å². The van der Waals surface area contributed by atoms with Gasteiger partial charge in [0.15, 0.2) is 21.3 Å². The highest BCUT2D eigenvalue weighted by atomic mass is 32.2. The molecule has 1 amide bonds. The van der Waals surface area contributed by atoms with Crippen LogP contribution in [0.3, 0.4) is 0 Å². The third-order valence-corrected chi connectivity index (χ3v) is 7.94. The summed E-state index contributed by atoms with van der Waals surface area (Å²) < 4.78 is 34.9. The summed E-state index contributed by atoms with van der Waals surface area (Å²) in [6.45, 7) is 3.41. The zero-order chi connectivity index (χ0) is 26.0. The van der Waals surface area contributed by atoms with E-state index in [2.05, 4.69) is 25.2 Å². The van der Waals surface area contributed by atoms with E-state index in [1.54, 1.807) is 7.11 Å². The number of hydrogen-bond donors (Lipinski definition) is 2. The second kappa shape index (κ2) is 10.3. The van der Waals surface area contributed by atoms with Crippen molar-refractivity contribution in [2.75, 3.05) is 63.7 Å². The summed E-state index contributed by atoms with van der Waals surface area (Å²) in [4.78, 5) is 33.8. The van der Waals surface area contributed by atoms with Gasteiger partial charge in [0.1, 0.15) is 11.5 Å². The number of hydrogen-bond acceptors (Lipinski definition) is 12. The SMILES string of the molecule is COc1c(OCCCN2CCS(=O)(=O)CC2)ccc2c1N=C(NC(=O)c1cnc(N)nc1)N1CCN=C21. The quantitative estimate of drug-likeness (QED) is 0.470. The highest BCUT2D eigenvalue weighted by Crippen LogP contribution is 2.43. The highest BCUT2D eigenvalue weighted by Gasteiger charge is 2.33. The molecule has 0 unspecified atom stereocenters. The molecule has 0 spiro atoms. The van der Waals surface area contributed by atoms with Crippen molar-refractivity contribution in [1.29, 1.82) is 0 Å². The van der Waals surface area contributed by atoms with Crippen molar-refractivity contribution < 1.29 is 22.7 Å². The topological polar surface area (TPSA) is 165 Å². The van der Waals surface area contributed by atoms with Crippen molar-refractivity contribution in [1.82, 2.24) is 25.1 Å². The first-order valence-electron chi connectivity index (χ1n) is 11.9. The molecule has 1 aromatic heterocycles. The van der Waals surface area contributed by atoms with Gasteiger partial charge in [0, 0.05) is 44.1 Å². The number of sulfone groups is 1. The van der Waals surface area contributed by atoms with E-state index in [4.69, 9.17) is 20.2 Å². The number of nitrogens with one attached hydrogen (secondary N) is 1. The van der Waals surface area contributed by atoms with Crippen LogP contribution in [0.5, 0.6) is 11.5 Å². The summed E-state index contributed by atoms with van der Waals surface area (Å²) in [5.41, 5.74) is 7.06. The minimum Gasteiger partial charge on any atom is -0.491 e. The fourth-order valence-corrected chi connectivity index (χ4v) is 5.65. The molecule has 3 aliphatic rings. The van der Waals surface area contributed by atoms with E-state index in [1.165, 1.54) is 12.4 Å². The summed E-state index contributed by atoms with van der Waals surface area (Å²) in [6.07, 6.45) is 3.43. The van der Waals surface area contributed by atoms with Crippen LogP contribution < -0.4 is 20.5 Å². The van der Waals surface area contributed by atoms with Gasteiger partial charge in [-0.15, -0.1) is 0 Å². The van der Waals surface area contributed by atoms with Crippen LogP contribution in [0.25, 0.3) is 0 Å². The molecule has 1 fully saturated rings. The zero-order valence-electron chi connectivity index (χ0n) is 20.4. The number of guanidine groups is 1. The Balaban J connectivity index is 1.31. The van der Waals surface area contributed by atoms with E-state index in [0.29, 0.717) is 61.8 Å². The van der Waals surface area contributed by atoms with Gasteiger partial charge in [0.25, 0.3) is 5.91 Å². The van der Waals surface area contributed by atoms with Crippen molar-refractivity contribution >= 4 is 39.2 Å². The summed E-state index contributed by atoms with van der Waals surface area (Å²) >= 11 is 0. The molecule has 0 radical (unpaired) electrons. The number of benzene rings is 1. The summed E-state index contributed by atoms with van der Waals surface area (Å²) in [5.74, 6) is 2.04. The van der Waals surface area contributed by atoms with E-state index in [0.717, 1.165) is 18.5 Å². The number of rotatable bonds is 7. The number of carbonyl (C=O) groups excluding carboxylic acids is 1. The van der Waals surface area contributed by atoms with E-state index < -0.39 is 15.7 Å². The van der Waals surface area contributed by atoms with Crippen LogP contribution in [0.2, 0.25) is 0 Å². The predicted octanol–water partition coefficient (Wildman–Crippen LogP) is 0.0600. The fraction of sp³-hybridized carbons (Fsp3) is 0.435. The smallest absolute Gasteiger partial charge is 0.261 e. The molecule has 3 N–H and O–H groups in total. The number of carbonyl (C=O) groups is 1. The molecule has 196 valence electrons. The standard InChI is InChI=1S/C23H28N8O5S/c1-35-19-17(36-10-2-6-30-8-11-37(33,34)12-9-30)4-3-16-18(19)28-23(31-7-5-25-20(16)31)29-21(32)15-13-26-22(24)27-14-15/h3-4,13-14H,2,5-12H2,1H3,(H2,24,26,27)(H,28,29,32). The van der Waals surface area contributed by atoms with Gasteiger partial charge in [-0.1, -0.05) is 0 Å². The number of methoxy groups -OCH3 is 1. The molecule has 0 atom stereocenters. The Morgan fingerprint density at radius 1 is 1.16 bits per heavy atom. The summed E-state index contributed by atoms with van der Waals surface area (Å²) in [6, 6.07) is 3.71. The molecular formula is C23H28N8O5S. The summed E-state index contributed by atoms with van der Waals surface area (Å²) in [5, 5.41) is 2.82. The third-order valence-electron chi connectivity index (χ3n) is 6.33. The van der Waals surface area contributed by atoms with E-state index in [9.17, 15) is 13.2 Å². The lowest BCUT2D eigenvalue weighted by Gasteiger charge is -2.28. The Morgan fingerprint density at radius 3 is 2.65 bits per heavy atom. The summed E-state index contributed by atoms with van der Waals surface area (Å²) in [7, 11) is -1.35. The van der Waals surface area contributed by atoms with Gasteiger partial charge in [0.2, 0.25) is 11.9 Å². The van der Waals surface area contributed by atoms with Crippen molar-refractivity contribution in [2.24, 2.45) is 9.98 Å². The van der Waals surface area contributed by atoms with E-state index >= 15 is 0 Å². The van der Waals surface area contributed by atoms with E-state index in [-0.39, 0.29) is 23.0 Å². The van der Waals surface area contributed by atoms with Crippen LogP contribution in [0.15, 0.2) is 34.5 Å². The van der Waals surface area contributed by atoms with Crippen molar-refractivity contribution in [2.45, 2.75) is 6.42 Å². The van der Waals surface area contributed by atoms with Crippen LogP contribution in [0.4, 0.5) is 11.6 Å². The molecule has 3 aliphatic heterocycles. The number of nitrogens with two attached hydrogens (primary N) is 1. The molecule has 0 saturated carbocycles. The lowest BCUT2D eigenvalue weighted by atomic mass is 10.1. The van der Waals surface area contributed by atoms with Gasteiger partial charge in [-0.2, -0.15) is 0 Å². The molecule has 13 nitrogen and oxygen atoms in total. The number of amides is 1. The maximum atomic E-state index is 12.8. The average Bonchev–Trinajstić information content (AvgIpc) is 3.38. The highest BCUT2D eigenvalue weighted by molar-refractivity contribution is 7.91. The molecule has 2 aromatic rings. The Kier molecular flexibility index (Phi) is 6.93. The van der Waals surface area contributed by atoms with Crippen LogP contribution in [0.1, 0.15) is 22.3 Å². The Morgan fingerprint density at radius 2 is 1.92 bits per heavy atom. The molecule has 0 bridgehead atoms. The molecule has 1 aromatic carbocycles. The van der Waals surface area contributed by atoms with Gasteiger partial charge in [-0.3, -0.25) is 20.0 Å². The number of anilines is 1. The second-order valence-corrected chi connectivity index (χ2v) is 11.1. The van der Waals surface area contributed by atoms with Gasteiger partial charge in [-0.25, -0.2) is 23.4 Å². The minimum atomic E-state index is -2.90. The molecule has 37 heavy (non-hydrogen) atoms. The number of amidine groups is 1. The van der Waals surface area contributed by atoms with Gasteiger partial charge >= 0.3 is 0 Å². The Bertz CT molecular complexity index is 1350. The number of ether oxygens (including phenoxy) is 2. The molecule has 1 saturated heterocycles. The number of nitrogens with zero attached hydrogens (tertiary/aromatic N) is 6. The van der Waals surface area contributed by atoms with Crippen LogP contribution >= 0.6 is 0 Å². The maximum Gasteiger partial charge on any atom is 0.261 e. The first-order chi connectivity index (χ1) is 17.8. The van der Waals surface area contributed by atoms with Crippen molar-refractivity contribution in [3.63, 3.8) is 0 Å². The first kappa shape index (κ1) is 24.9. The van der Waals surface area contributed by atoms with Crippen LogP contribution in [-0.4, -0.2) is 104 Å². The molecule has 14 heteroatoms. The molecular weight excluding hydrogens is 500 g/mol. The lowest BCUT2D eigenvalue weighted by Crippen LogP contribution is -2.47. The number of aliphatic imine (C=N–C) groups is 2. The van der Waals surface area contributed by atoms with Crippen molar-refractivity contribution in [3.8, 4) is 11.5 Å². The predicted molar refractivity (Wildman–Crippen MR) is 137 cm³/mol. The lowest BCUT2D eigenvalue weighted by molar-refractivity contribution is 0.0973. The van der Waals surface area contributed by atoms with E-state index in [1.807, 2.05) is 17.0 Å². The normalized spacial score (nSPS) is 18.4. The number of aromatic nitrogens is 2. The second-order valence-electron chi connectivity index (χ2n) is 8.77. The van der Waals surface area contributed by atoms with Gasteiger partial charge in [0.05, 0.1) is 37.3 Å². The zero-order valence-corrected chi connectivity index (χ0v) is 21.2. The largest absolute Gasteiger partial charge is 0.491 e. The van der Waals surface area contributed by atoms with Gasteiger partial charge in [-0.05, 0) is 18.6 Å². The monoisotopic (exact) mass is 528 g/mol. The number of fused-ring (bicyclic) bond motifs is 3. The molecule has 0 aliphatic carbocycles. The first-order valence-corrected chi connectivity index (χ1v) is 13.7. The minimum absolute atomic E-state index is 0.0792. The van der Waals surface area contributed by atoms with Crippen LogP contribution in [0, 0.1) is 0 Å². The van der Waals surface area contributed by atoms with Crippen LogP contribution in [-0.2, 0) is 9.84 Å². The van der Waals surface area contributed by atoms with Gasteiger partial charge < -0.3 is 20.1 Å². The molecule has 4 heterocycles. The third kappa shape index (κ3) is 5.34. The fourth-order valence-electron chi connectivity index (χ4n) is 4.37.